The summed E-state index contributed by atoms with van der Waals surface area (Å²) in [5.74, 6) is -0.802. The maximum absolute atomic E-state index is 12.8. The second-order valence-electron chi connectivity index (χ2n) is 28.3. The van der Waals surface area contributed by atoms with Gasteiger partial charge in [0.1, 0.15) is 6.61 Å². The third kappa shape index (κ3) is 80.6. The molecule has 0 amide bonds. The summed E-state index contributed by atoms with van der Waals surface area (Å²) in [6.45, 7) is 3.71. The SMILES string of the molecule is CC/C=C\C/C=C\C/C=C\C/C=C\CCCCCCCCCCCCCCCCCCCCCCCCC(=O)OC(COC(=O)CCCCCCCCCCCCCCCCCCCCCCCCCCCCC/C=C\CCCCCCCCCC)COP(=O)(O)OCCN. The highest BCUT2D eigenvalue weighted by molar-refractivity contribution is 7.47. The van der Waals surface area contributed by atoms with Gasteiger partial charge < -0.3 is 20.1 Å². The summed E-state index contributed by atoms with van der Waals surface area (Å²) in [5, 5.41) is 0. The predicted molar refractivity (Wildman–Crippen MR) is 413 cm³/mol. The van der Waals surface area contributed by atoms with E-state index in [2.05, 4.69) is 74.6 Å². The van der Waals surface area contributed by atoms with Crippen molar-refractivity contribution in [3.05, 3.63) is 60.8 Å². The highest BCUT2D eigenvalue weighted by Crippen LogP contribution is 2.43. The Bertz CT molecular complexity index is 1750. The lowest BCUT2D eigenvalue weighted by molar-refractivity contribution is -0.161. The molecule has 0 aromatic heterocycles. The van der Waals surface area contributed by atoms with Gasteiger partial charge in [-0.3, -0.25) is 18.6 Å². The van der Waals surface area contributed by atoms with E-state index in [1.807, 2.05) is 0 Å². The molecule has 0 saturated heterocycles. The van der Waals surface area contributed by atoms with Gasteiger partial charge in [-0.25, -0.2) is 4.57 Å². The van der Waals surface area contributed by atoms with Crippen LogP contribution in [0.1, 0.15) is 438 Å². The molecule has 0 aliphatic heterocycles. The number of carbonyl (C=O) groups is 2. The van der Waals surface area contributed by atoms with Crippen LogP contribution < -0.4 is 5.73 Å². The van der Waals surface area contributed by atoms with Gasteiger partial charge in [-0.2, -0.15) is 0 Å². The van der Waals surface area contributed by atoms with E-state index in [0.717, 1.165) is 57.8 Å². The van der Waals surface area contributed by atoms with Crippen molar-refractivity contribution in [1.29, 1.82) is 0 Å². The van der Waals surface area contributed by atoms with E-state index < -0.39 is 26.5 Å². The van der Waals surface area contributed by atoms with E-state index in [4.69, 9.17) is 24.3 Å². The molecule has 0 radical (unpaired) electrons. The zero-order valence-corrected chi connectivity index (χ0v) is 64.1. The molecule has 0 bridgehead atoms. The summed E-state index contributed by atoms with van der Waals surface area (Å²) in [4.78, 5) is 35.5. The molecule has 0 aromatic rings. The molecule has 95 heavy (non-hydrogen) atoms. The third-order valence-electron chi connectivity index (χ3n) is 18.9. The first-order valence-electron chi connectivity index (χ1n) is 41.8. The van der Waals surface area contributed by atoms with Crippen LogP contribution >= 0.6 is 7.82 Å². The number of rotatable bonds is 80. The van der Waals surface area contributed by atoms with Crippen molar-refractivity contribution in [1.82, 2.24) is 0 Å². The summed E-state index contributed by atoms with van der Waals surface area (Å²) in [6.07, 6.45) is 107. The van der Waals surface area contributed by atoms with Crippen LogP contribution in [0.4, 0.5) is 0 Å². The zero-order chi connectivity index (χ0) is 68.6. The number of allylic oxidation sites excluding steroid dienone is 10. The number of esters is 2. The van der Waals surface area contributed by atoms with Gasteiger partial charge in [-0.1, -0.05) is 408 Å². The lowest BCUT2D eigenvalue weighted by atomic mass is 10.0. The summed E-state index contributed by atoms with van der Waals surface area (Å²) >= 11 is 0. The molecule has 0 fully saturated rings. The Balaban J connectivity index is 3.73. The fourth-order valence-corrected chi connectivity index (χ4v) is 13.5. The first-order chi connectivity index (χ1) is 46.8. The van der Waals surface area contributed by atoms with Gasteiger partial charge in [0.2, 0.25) is 0 Å². The van der Waals surface area contributed by atoms with Gasteiger partial charge in [0.15, 0.2) is 6.10 Å². The van der Waals surface area contributed by atoms with Crippen molar-refractivity contribution in [2.45, 2.75) is 444 Å². The lowest BCUT2D eigenvalue weighted by Crippen LogP contribution is -2.29. The largest absolute Gasteiger partial charge is 0.472 e. The second kappa shape index (κ2) is 80.7. The lowest BCUT2D eigenvalue weighted by Gasteiger charge is -2.19. The summed E-state index contributed by atoms with van der Waals surface area (Å²) < 4.78 is 33.3. The van der Waals surface area contributed by atoms with Gasteiger partial charge in [-0.15, -0.1) is 0 Å². The van der Waals surface area contributed by atoms with Crippen molar-refractivity contribution in [3.8, 4) is 0 Å². The molecule has 2 unspecified atom stereocenters. The first-order valence-corrected chi connectivity index (χ1v) is 43.3. The standard InChI is InChI=1S/C85H160NO8P/c1-3-5-7-9-11-13-15-17-19-21-23-25-27-29-31-33-35-37-39-40-41-42-44-45-47-49-51-53-55-57-59-61-63-65-67-69-71-73-75-77-84(87)91-81-83(82-93-95(89,90)92-80-79-86)94-85(88)78-76-74-72-70-68-66-64-62-60-58-56-54-52-50-48-46-43-38-36-34-32-30-28-26-24-22-20-18-16-14-12-10-8-6-4-2/h6,8,12,14,18,20-21,23-24,26,83H,3-5,7,9-11,13,15-17,19,22,25,27-82,86H2,1-2H3,(H,89,90)/b8-6-,14-12-,20-18-,23-21-,26-24-. The summed E-state index contributed by atoms with van der Waals surface area (Å²) in [6, 6.07) is 0. The molecule has 0 heterocycles. The molecule has 558 valence electrons. The minimum absolute atomic E-state index is 0.0557. The molecule has 0 rings (SSSR count). The number of nitrogens with two attached hydrogens (primary N) is 1. The molecular weight excluding hydrogens is 1190 g/mol. The average Bonchev–Trinajstić information content (AvgIpc) is 3.32. The van der Waals surface area contributed by atoms with Gasteiger partial charge >= 0.3 is 19.8 Å². The van der Waals surface area contributed by atoms with Crippen molar-refractivity contribution < 1.29 is 37.6 Å². The summed E-state index contributed by atoms with van der Waals surface area (Å²) in [7, 11) is -4.40. The van der Waals surface area contributed by atoms with Crippen LogP contribution in [-0.4, -0.2) is 49.3 Å². The van der Waals surface area contributed by atoms with E-state index in [1.165, 1.54) is 347 Å². The first kappa shape index (κ1) is 92.7. The Hall–Kier alpha value is -2.29. The normalized spacial score (nSPS) is 13.1. The molecule has 10 heteroatoms. The van der Waals surface area contributed by atoms with Crippen LogP contribution in [0.3, 0.4) is 0 Å². The fourth-order valence-electron chi connectivity index (χ4n) is 12.7. The maximum atomic E-state index is 12.8. The Morgan fingerprint density at radius 3 is 0.874 bits per heavy atom. The smallest absolute Gasteiger partial charge is 0.462 e. The minimum atomic E-state index is -4.40. The second-order valence-corrected chi connectivity index (χ2v) is 29.8. The van der Waals surface area contributed by atoms with E-state index in [-0.39, 0.29) is 38.6 Å². The number of hydrogen-bond acceptors (Lipinski definition) is 8. The molecule has 0 aromatic carbocycles. The van der Waals surface area contributed by atoms with Crippen LogP contribution in [0.25, 0.3) is 0 Å². The topological polar surface area (TPSA) is 134 Å². The average molecular weight is 1360 g/mol. The van der Waals surface area contributed by atoms with E-state index in [0.29, 0.717) is 6.42 Å². The number of unbranched alkanes of at least 4 members (excludes halogenated alkanes) is 57. The molecule has 0 spiro atoms. The fraction of sp³-hybridized carbons (Fsp3) is 0.859. The van der Waals surface area contributed by atoms with Crippen LogP contribution in [0.5, 0.6) is 0 Å². The Labute approximate surface area is 590 Å². The van der Waals surface area contributed by atoms with Crippen LogP contribution in [0, 0.1) is 0 Å². The zero-order valence-electron chi connectivity index (χ0n) is 63.2. The van der Waals surface area contributed by atoms with E-state index in [9.17, 15) is 19.0 Å². The number of phosphoric acid groups is 1. The third-order valence-corrected chi connectivity index (χ3v) is 19.9. The molecule has 3 N–H and O–H groups in total. The quantitative estimate of drug-likeness (QED) is 0.0264. The monoisotopic (exact) mass is 1350 g/mol. The van der Waals surface area contributed by atoms with Crippen LogP contribution in [-0.2, 0) is 32.7 Å². The number of carbonyl (C=O) groups excluding carboxylic acids is 2. The molecule has 9 nitrogen and oxygen atoms in total. The van der Waals surface area contributed by atoms with Gasteiger partial charge in [-0.05, 0) is 77.0 Å². The minimum Gasteiger partial charge on any atom is -0.462 e. The van der Waals surface area contributed by atoms with Crippen molar-refractivity contribution in [2.24, 2.45) is 5.73 Å². The molecule has 2 atom stereocenters. The van der Waals surface area contributed by atoms with Gasteiger partial charge in [0.25, 0.3) is 0 Å². The molecule has 0 saturated carbocycles. The van der Waals surface area contributed by atoms with Crippen molar-refractivity contribution in [2.75, 3.05) is 26.4 Å². The Morgan fingerprint density at radius 2 is 0.579 bits per heavy atom. The molecular formula is C85H160NO8P. The van der Waals surface area contributed by atoms with Gasteiger partial charge in [0, 0.05) is 19.4 Å². The highest BCUT2D eigenvalue weighted by Gasteiger charge is 2.26. The summed E-state index contributed by atoms with van der Waals surface area (Å²) in [5.41, 5.74) is 5.42. The Morgan fingerprint density at radius 1 is 0.326 bits per heavy atom. The van der Waals surface area contributed by atoms with Crippen LogP contribution in [0.15, 0.2) is 60.8 Å². The number of phosphoric ester groups is 1. The van der Waals surface area contributed by atoms with Crippen molar-refractivity contribution >= 4 is 19.8 Å². The van der Waals surface area contributed by atoms with Crippen LogP contribution in [0.2, 0.25) is 0 Å². The molecule has 0 aliphatic carbocycles. The maximum Gasteiger partial charge on any atom is 0.472 e. The molecule has 0 aliphatic rings. The van der Waals surface area contributed by atoms with Gasteiger partial charge in [0.05, 0.1) is 13.2 Å². The highest BCUT2D eigenvalue weighted by atomic mass is 31.2. The predicted octanol–water partition coefficient (Wildman–Crippen LogP) is 28.1. The van der Waals surface area contributed by atoms with E-state index >= 15 is 0 Å². The Kier molecular flexibility index (Phi) is 78.7. The van der Waals surface area contributed by atoms with Crippen molar-refractivity contribution in [3.63, 3.8) is 0 Å². The number of hydrogen-bond donors (Lipinski definition) is 2. The number of ether oxygens (including phenoxy) is 2. The van der Waals surface area contributed by atoms with E-state index in [1.54, 1.807) is 0 Å².